The van der Waals surface area contributed by atoms with Crippen molar-refractivity contribution in [2.75, 3.05) is 37.1 Å². The number of nitrogens with one attached hydrogen (secondary N) is 4. The van der Waals surface area contributed by atoms with Gasteiger partial charge in [-0.3, -0.25) is 4.57 Å². The normalized spacial score (nSPS) is 19.2. The molecule has 0 bridgehead atoms. The van der Waals surface area contributed by atoms with Gasteiger partial charge in [-0.2, -0.15) is 0 Å². The van der Waals surface area contributed by atoms with E-state index in [9.17, 15) is 8.78 Å². The molecule has 1 unspecified atom stereocenters. The van der Waals surface area contributed by atoms with Crippen LogP contribution in [0, 0.1) is 17.0 Å². The molecule has 8 nitrogen and oxygen atoms in total. The minimum absolute atomic E-state index is 0.114. The average molecular weight is 432 g/mol. The lowest BCUT2D eigenvalue weighted by molar-refractivity contribution is 0.0805. The quantitative estimate of drug-likeness (QED) is 0.477. The molecule has 0 saturated carbocycles. The maximum atomic E-state index is 14.2. The second-order valence-corrected chi connectivity index (χ2v) is 7.56. The summed E-state index contributed by atoms with van der Waals surface area (Å²) in [6.07, 6.45) is 3.54. The van der Waals surface area contributed by atoms with Gasteiger partial charge in [-0.1, -0.05) is 12.6 Å². The molecule has 2 aliphatic rings. The summed E-state index contributed by atoms with van der Waals surface area (Å²) < 4.78 is 41.2. The average Bonchev–Trinajstić information content (AvgIpc) is 3.39. The molecule has 4 rings (SSSR count). The summed E-state index contributed by atoms with van der Waals surface area (Å²) in [6.45, 7) is 6.43. The van der Waals surface area contributed by atoms with Gasteiger partial charge in [-0.15, -0.1) is 0 Å². The number of ether oxygens (including phenoxy) is 2. The van der Waals surface area contributed by atoms with Gasteiger partial charge in [0.1, 0.15) is 28.8 Å². The van der Waals surface area contributed by atoms with Gasteiger partial charge in [0.05, 0.1) is 18.5 Å². The summed E-state index contributed by atoms with van der Waals surface area (Å²) in [5.74, 6) is -0.171. The number of para-hydroxylation sites is 1. The molecule has 10 heteroatoms. The van der Waals surface area contributed by atoms with Crippen LogP contribution >= 0.6 is 0 Å². The molecule has 166 valence electrons. The first-order valence-corrected chi connectivity index (χ1v) is 10.3. The van der Waals surface area contributed by atoms with Crippen LogP contribution in [0.4, 0.5) is 26.2 Å². The molecule has 0 radical (unpaired) electrons. The highest BCUT2D eigenvalue weighted by Crippen LogP contribution is 2.33. The summed E-state index contributed by atoms with van der Waals surface area (Å²) in [5.41, 5.74) is 0.0241. The third-order valence-electron chi connectivity index (χ3n) is 5.41. The van der Waals surface area contributed by atoms with E-state index in [4.69, 9.17) is 14.9 Å². The Kier molecular flexibility index (Phi) is 6.47. The van der Waals surface area contributed by atoms with Crippen LogP contribution in [0.5, 0.6) is 0 Å². The Bertz CT molecular complexity index is 931. The molecule has 1 atom stereocenters. The third kappa shape index (κ3) is 4.70. The van der Waals surface area contributed by atoms with Gasteiger partial charge in [0, 0.05) is 32.1 Å². The predicted molar refractivity (Wildman–Crippen MR) is 114 cm³/mol. The molecule has 1 aromatic heterocycles. The number of hydrogen-bond acceptors (Lipinski definition) is 7. The molecule has 2 fully saturated rings. The standard InChI is InChI=1S/C21H26F2N6O2/c1-13(25-14-5-8-30-9-6-14)26-20-18(11-24)27-21(29(20)15-7-10-31-12-15)28-19-16(22)3-2-4-17(19)23/h2-4,11,14-15,24-26H,1,5-10,12H2,(H,27,28). The highest BCUT2D eigenvalue weighted by Gasteiger charge is 2.28. The molecular formula is C21H26F2N6O2. The molecule has 1 aromatic carbocycles. The van der Waals surface area contributed by atoms with Crippen LogP contribution in [0.15, 0.2) is 30.6 Å². The molecule has 3 heterocycles. The largest absolute Gasteiger partial charge is 0.381 e. The lowest BCUT2D eigenvalue weighted by Crippen LogP contribution is -2.36. The van der Waals surface area contributed by atoms with Crippen molar-refractivity contribution in [2.24, 2.45) is 0 Å². The van der Waals surface area contributed by atoms with Gasteiger partial charge in [0.15, 0.2) is 0 Å². The fourth-order valence-electron chi connectivity index (χ4n) is 3.84. The number of anilines is 3. The van der Waals surface area contributed by atoms with E-state index in [2.05, 4.69) is 27.5 Å². The smallest absolute Gasteiger partial charge is 0.210 e. The van der Waals surface area contributed by atoms with E-state index in [0.29, 0.717) is 50.2 Å². The monoisotopic (exact) mass is 432 g/mol. The second-order valence-electron chi connectivity index (χ2n) is 7.56. The van der Waals surface area contributed by atoms with Gasteiger partial charge < -0.3 is 30.8 Å². The summed E-state index contributed by atoms with van der Waals surface area (Å²) >= 11 is 0. The fraction of sp³-hybridized carbons (Fsp3) is 0.429. The van der Waals surface area contributed by atoms with Crippen molar-refractivity contribution in [2.45, 2.75) is 31.3 Å². The maximum Gasteiger partial charge on any atom is 0.210 e. The van der Waals surface area contributed by atoms with Crippen molar-refractivity contribution in [1.29, 1.82) is 5.41 Å². The first kappa shape index (κ1) is 21.3. The van der Waals surface area contributed by atoms with Crippen molar-refractivity contribution in [3.8, 4) is 0 Å². The van der Waals surface area contributed by atoms with E-state index in [0.717, 1.165) is 19.1 Å². The summed E-state index contributed by atoms with van der Waals surface area (Å²) in [5, 5.41) is 17.1. The number of hydrogen-bond donors (Lipinski definition) is 4. The number of nitrogens with zero attached hydrogens (tertiary/aromatic N) is 2. The van der Waals surface area contributed by atoms with Crippen LogP contribution in [0.2, 0.25) is 0 Å². The first-order valence-electron chi connectivity index (χ1n) is 10.3. The highest BCUT2D eigenvalue weighted by atomic mass is 19.1. The third-order valence-corrected chi connectivity index (χ3v) is 5.41. The minimum atomic E-state index is -0.728. The summed E-state index contributed by atoms with van der Waals surface area (Å²) in [7, 11) is 0. The van der Waals surface area contributed by atoms with Crippen LogP contribution < -0.4 is 16.0 Å². The molecule has 0 aliphatic carbocycles. The molecule has 0 spiro atoms. The number of benzene rings is 1. The van der Waals surface area contributed by atoms with Gasteiger partial charge in [-0.05, 0) is 31.4 Å². The Labute approximate surface area is 179 Å². The Hall–Kier alpha value is -2.98. The zero-order valence-corrected chi connectivity index (χ0v) is 17.1. The van der Waals surface area contributed by atoms with Gasteiger partial charge >= 0.3 is 0 Å². The van der Waals surface area contributed by atoms with E-state index in [1.165, 1.54) is 18.2 Å². The molecule has 0 amide bonds. The molecular weight excluding hydrogens is 406 g/mol. The Morgan fingerprint density at radius 1 is 1.16 bits per heavy atom. The van der Waals surface area contributed by atoms with Gasteiger partial charge in [0.25, 0.3) is 0 Å². The lowest BCUT2D eigenvalue weighted by Gasteiger charge is -2.26. The Morgan fingerprint density at radius 3 is 2.52 bits per heavy atom. The van der Waals surface area contributed by atoms with E-state index < -0.39 is 11.6 Å². The molecule has 4 N–H and O–H groups in total. The molecule has 2 saturated heterocycles. The van der Waals surface area contributed by atoms with Crippen molar-refractivity contribution in [3.63, 3.8) is 0 Å². The summed E-state index contributed by atoms with van der Waals surface area (Å²) in [4.78, 5) is 4.42. The molecule has 2 aliphatic heterocycles. The SMILES string of the molecule is C=C(Nc1c(C=N)nc(Nc2c(F)cccc2F)n1C1CCOC1)NC1CCOCC1. The van der Waals surface area contributed by atoms with E-state index in [1.54, 1.807) is 4.57 Å². The predicted octanol–water partition coefficient (Wildman–Crippen LogP) is 3.52. The molecule has 2 aromatic rings. The first-order chi connectivity index (χ1) is 15.1. The number of imidazole rings is 1. The minimum Gasteiger partial charge on any atom is -0.381 e. The van der Waals surface area contributed by atoms with E-state index in [1.807, 2.05) is 0 Å². The Balaban J connectivity index is 1.65. The number of rotatable bonds is 8. The van der Waals surface area contributed by atoms with Crippen molar-refractivity contribution >= 4 is 23.7 Å². The van der Waals surface area contributed by atoms with Crippen molar-refractivity contribution in [1.82, 2.24) is 14.9 Å². The van der Waals surface area contributed by atoms with Crippen LogP contribution in [-0.4, -0.2) is 48.2 Å². The van der Waals surface area contributed by atoms with Crippen LogP contribution in [0.25, 0.3) is 0 Å². The van der Waals surface area contributed by atoms with Gasteiger partial charge in [0.2, 0.25) is 5.95 Å². The Morgan fingerprint density at radius 2 is 1.87 bits per heavy atom. The molecule has 31 heavy (non-hydrogen) atoms. The number of aromatic nitrogens is 2. The van der Waals surface area contributed by atoms with Crippen LogP contribution in [0.3, 0.4) is 0 Å². The number of halogens is 2. The zero-order valence-electron chi connectivity index (χ0n) is 17.1. The zero-order chi connectivity index (χ0) is 21.8. The van der Waals surface area contributed by atoms with E-state index in [-0.39, 0.29) is 23.7 Å². The van der Waals surface area contributed by atoms with Crippen LogP contribution in [0.1, 0.15) is 31.0 Å². The van der Waals surface area contributed by atoms with Crippen molar-refractivity contribution < 1.29 is 18.3 Å². The van der Waals surface area contributed by atoms with Crippen LogP contribution in [-0.2, 0) is 9.47 Å². The van der Waals surface area contributed by atoms with E-state index >= 15 is 0 Å². The van der Waals surface area contributed by atoms with Gasteiger partial charge in [-0.25, -0.2) is 13.8 Å². The lowest BCUT2D eigenvalue weighted by atomic mass is 10.1. The fourth-order valence-corrected chi connectivity index (χ4v) is 3.84. The van der Waals surface area contributed by atoms with Crippen molar-refractivity contribution in [3.05, 3.63) is 47.9 Å². The summed E-state index contributed by atoms with van der Waals surface area (Å²) in [6, 6.07) is 3.77. The topological polar surface area (TPSA) is 96.2 Å². The maximum absolute atomic E-state index is 14.2. The second kappa shape index (κ2) is 9.44. The highest BCUT2D eigenvalue weighted by molar-refractivity contribution is 5.84.